The number of benzene rings is 1. The number of hydrogen-bond donors (Lipinski definition) is 1. The fourth-order valence-electron chi connectivity index (χ4n) is 1.76. The normalized spacial score (nSPS) is 11.2. The molecule has 0 radical (unpaired) electrons. The molecule has 1 N–H and O–H groups in total. The Bertz CT molecular complexity index is 794. The Morgan fingerprint density at radius 2 is 1.95 bits per heavy atom. The van der Waals surface area contributed by atoms with E-state index in [0.717, 1.165) is 27.3 Å². The summed E-state index contributed by atoms with van der Waals surface area (Å²) in [5, 5.41) is 2.63. The van der Waals surface area contributed by atoms with Gasteiger partial charge in [-0.15, -0.1) is 11.3 Å². The van der Waals surface area contributed by atoms with Crippen molar-refractivity contribution in [2.24, 2.45) is 0 Å². The van der Waals surface area contributed by atoms with Gasteiger partial charge in [-0.2, -0.15) is 8.42 Å². The summed E-state index contributed by atoms with van der Waals surface area (Å²) in [5.74, 6) is 0.168. The molecule has 1 aromatic heterocycles. The van der Waals surface area contributed by atoms with Crippen molar-refractivity contribution in [2.75, 3.05) is 0 Å². The van der Waals surface area contributed by atoms with E-state index in [4.69, 9.17) is 4.18 Å². The van der Waals surface area contributed by atoms with E-state index < -0.39 is 10.1 Å². The summed E-state index contributed by atoms with van der Waals surface area (Å²) in [6.45, 7) is 5.38. The second-order valence-electron chi connectivity index (χ2n) is 4.94. The molecule has 5 nitrogen and oxygen atoms in total. The Labute approximate surface area is 134 Å². The highest BCUT2D eigenvalue weighted by molar-refractivity contribution is 7.89. The zero-order valence-corrected chi connectivity index (χ0v) is 14.2. The molecule has 22 heavy (non-hydrogen) atoms. The maximum Gasteiger partial charge on any atom is 0.348 e. The summed E-state index contributed by atoms with van der Waals surface area (Å²) >= 11 is 1.08. The van der Waals surface area contributed by atoms with Crippen molar-refractivity contribution < 1.29 is 17.4 Å². The monoisotopic (exact) mass is 339 g/mol. The number of aryl methyl sites for hydroxylation is 2. The van der Waals surface area contributed by atoms with Crippen LogP contribution >= 0.6 is 11.3 Å². The van der Waals surface area contributed by atoms with Gasteiger partial charge in [-0.1, -0.05) is 12.1 Å². The minimum Gasteiger partial charge on any atom is -0.378 e. The van der Waals surface area contributed by atoms with Gasteiger partial charge in [0, 0.05) is 11.8 Å². The van der Waals surface area contributed by atoms with Crippen LogP contribution in [0.5, 0.6) is 5.75 Å². The molecule has 0 aliphatic heterocycles. The predicted octanol–water partition coefficient (Wildman–Crippen LogP) is 2.77. The van der Waals surface area contributed by atoms with E-state index in [1.54, 1.807) is 19.1 Å². The Balaban J connectivity index is 2.20. The van der Waals surface area contributed by atoms with Crippen molar-refractivity contribution in [1.29, 1.82) is 0 Å². The molecule has 1 aromatic carbocycles. The van der Waals surface area contributed by atoms with Crippen molar-refractivity contribution in [3.8, 4) is 5.75 Å². The second-order valence-corrected chi connectivity index (χ2v) is 7.88. The molecule has 0 bridgehead atoms. The number of nitrogens with one attached hydrogen (secondary N) is 1. The van der Waals surface area contributed by atoms with Crippen LogP contribution in [0.2, 0.25) is 0 Å². The third-order valence-electron chi connectivity index (χ3n) is 2.94. The maximum absolute atomic E-state index is 12.3. The first-order valence-corrected chi connectivity index (χ1v) is 8.85. The van der Waals surface area contributed by atoms with Gasteiger partial charge in [0.15, 0.2) is 4.21 Å². The van der Waals surface area contributed by atoms with E-state index in [-0.39, 0.29) is 10.1 Å². The van der Waals surface area contributed by atoms with E-state index in [2.05, 4.69) is 5.32 Å². The smallest absolute Gasteiger partial charge is 0.348 e. The quantitative estimate of drug-likeness (QED) is 0.850. The molecular weight excluding hydrogens is 322 g/mol. The standard InChI is InChI=1S/C15H17NO4S2/c1-10-4-5-11(2)14(8-10)20-22(18,19)15-7-6-13(21-15)9-16-12(3)17/h4-8H,9H2,1-3H3,(H,16,17). The van der Waals surface area contributed by atoms with Gasteiger partial charge < -0.3 is 9.50 Å². The number of carbonyl (C=O) groups excluding carboxylic acids is 1. The molecule has 1 amide bonds. The molecule has 1 heterocycles. The van der Waals surface area contributed by atoms with Gasteiger partial charge in [-0.05, 0) is 43.2 Å². The molecule has 0 unspecified atom stereocenters. The first-order chi connectivity index (χ1) is 10.3. The zero-order valence-electron chi connectivity index (χ0n) is 12.5. The van der Waals surface area contributed by atoms with Crippen molar-refractivity contribution in [3.63, 3.8) is 0 Å². The van der Waals surface area contributed by atoms with E-state index in [9.17, 15) is 13.2 Å². The summed E-state index contributed by atoms with van der Waals surface area (Å²) in [4.78, 5) is 11.6. The molecule has 0 saturated carbocycles. The average molecular weight is 339 g/mol. The van der Waals surface area contributed by atoms with Crippen molar-refractivity contribution in [3.05, 3.63) is 46.3 Å². The van der Waals surface area contributed by atoms with Crippen LogP contribution in [-0.2, 0) is 21.5 Å². The van der Waals surface area contributed by atoms with E-state index in [1.165, 1.54) is 13.0 Å². The van der Waals surface area contributed by atoms with Crippen molar-refractivity contribution >= 4 is 27.4 Å². The molecule has 118 valence electrons. The van der Waals surface area contributed by atoms with Gasteiger partial charge in [0.25, 0.3) is 0 Å². The summed E-state index contributed by atoms with van der Waals surface area (Å²) in [7, 11) is -3.86. The second kappa shape index (κ2) is 6.50. The lowest BCUT2D eigenvalue weighted by Gasteiger charge is -2.08. The Morgan fingerprint density at radius 3 is 2.64 bits per heavy atom. The lowest BCUT2D eigenvalue weighted by Crippen LogP contribution is -2.18. The highest BCUT2D eigenvalue weighted by Gasteiger charge is 2.20. The SMILES string of the molecule is CC(=O)NCc1ccc(S(=O)(=O)Oc2cc(C)ccc2C)s1. The first-order valence-electron chi connectivity index (χ1n) is 6.63. The van der Waals surface area contributed by atoms with E-state index in [0.29, 0.717) is 12.3 Å². The average Bonchev–Trinajstić information content (AvgIpc) is 2.90. The van der Waals surface area contributed by atoms with Crippen LogP contribution in [0, 0.1) is 13.8 Å². The summed E-state index contributed by atoms with van der Waals surface area (Å²) < 4.78 is 30.0. The summed E-state index contributed by atoms with van der Waals surface area (Å²) in [5.41, 5.74) is 1.68. The van der Waals surface area contributed by atoms with Crippen LogP contribution in [-0.4, -0.2) is 14.3 Å². The molecule has 0 atom stereocenters. The first kappa shape index (κ1) is 16.5. The summed E-state index contributed by atoms with van der Waals surface area (Å²) in [6.07, 6.45) is 0. The Hall–Kier alpha value is -1.86. The topological polar surface area (TPSA) is 72.5 Å². The van der Waals surface area contributed by atoms with Crippen LogP contribution in [0.15, 0.2) is 34.5 Å². The Kier molecular flexibility index (Phi) is 4.87. The molecule has 0 aliphatic carbocycles. The number of hydrogen-bond acceptors (Lipinski definition) is 5. The predicted molar refractivity (Wildman–Crippen MR) is 85.6 cm³/mol. The number of amides is 1. The molecule has 0 spiro atoms. The molecule has 2 rings (SSSR count). The number of carbonyl (C=O) groups is 1. The zero-order chi connectivity index (χ0) is 16.3. The van der Waals surface area contributed by atoms with Crippen LogP contribution in [0.4, 0.5) is 0 Å². The maximum atomic E-state index is 12.3. The largest absolute Gasteiger partial charge is 0.378 e. The Morgan fingerprint density at radius 1 is 1.23 bits per heavy atom. The molecule has 0 aliphatic rings. The van der Waals surface area contributed by atoms with Crippen LogP contribution < -0.4 is 9.50 Å². The third kappa shape index (κ3) is 4.08. The highest BCUT2D eigenvalue weighted by Crippen LogP contribution is 2.27. The van der Waals surface area contributed by atoms with Crippen LogP contribution in [0.25, 0.3) is 0 Å². The van der Waals surface area contributed by atoms with Gasteiger partial charge in [0.2, 0.25) is 5.91 Å². The van der Waals surface area contributed by atoms with Crippen molar-refractivity contribution in [1.82, 2.24) is 5.32 Å². The van der Waals surface area contributed by atoms with Gasteiger partial charge in [0.1, 0.15) is 5.75 Å². The van der Waals surface area contributed by atoms with Crippen LogP contribution in [0.1, 0.15) is 22.9 Å². The molecule has 7 heteroatoms. The van der Waals surface area contributed by atoms with Gasteiger partial charge in [0.05, 0.1) is 6.54 Å². The molecule has 0 saturated heterocycles. The van der Waals surface area contributed by atoms with E-state index in [1.807, 2.05) is 19.1 Å². The molecular formula is C15H17NO4S2. The lowest BCUT2D eigenvalue weighted by molar-refractivity contribution is -0.119. The lowest BCUT2D eigenvalue weighted by atomic mass is 10.1. The minimum atomic E-state index is -3.86. The molecule has 2 aromatic rings. The number of rotatable bonds is 5. The van der Waals surface area contributed by atoms with Gasteiger partial charge >= 0.3 is 10.1 Å². The summed E-state index contributed by atoms with van der Waals surface area (Å²) in [6, 6.07) is 8.56. The third-order valence-corrected chi connectivity index (χ3v) is 5.71. The van der Waals surface area contributed by atoms with Crippen molar-refractivity contribution in [2.45, 2.75) is 31.5 Å². The number of thiophene rings is 1. The van der Waals surface area contributed by atoms with Gasteiger partial charge in [-0.3, -0.25) is 4.79 Å². The highest BCUT2D eigenvalue weighted by atomic mass is 32.3. The van der Waals surface area contributed by atoms with E-state index >= 15 is 0 Å². The van der Waals surface area contributed by atoms with Crippen LogP contribution in [0.3, 0.4) is 0 Å². The fourth-order valence-corrected chi connectivity index (χ4v) is 3.99. The fraction of sp³-hybridized carbons (Fsp3) is 0.267. The van der Waals surface area contributed by atoms with Gasteiger partial charge in [-0.25, -0.2) is 0 Å². The minimum absolute atomic E-state index is 0.119. The molecule has 0 fully saturated rings.